The fourth-order valence-corrected chi connectivity index (χ4v) is 3.09. The Morgan fingerprint density at radius 2 is 2.22 bits per heavy atom. The van der Waals surface area contributed by atoms with E-state index in [4.69, 9.17) is 5.11 Å². The number of halogens is 1. The Morgan fingerprint density at radius 3 is 2.94 bits per heavy atom. The number of hydrogen-bond acceptors (Lipinski definition) is 3. The van der Waals surface area contributed by atoms with Crippen molar-refractivity contribution in [3.8, 4) is 0 Å². The van der Waals surface area contributed by atoms with Gasteiger partial charge in [-0.3, -0.25) is 9.78 Å². The number of hydrogen-bond donors (Lipinski definition) is 1. The lowest BCUT2D eigenvalue weighted by Gasteiger charge is -2.07. The smallest absolute Gasteiger partial charge is 0.304 e. The molecule has 0 unspecified atom stereocenters. The maximum atomic E-state index is 10.5. The summed E-state index contributed by atoms with van der Waals surface area (Å²) in [5.41, 5.74) is 1.89. The molecule has 0 radical (unpaired) electrons. The van der Waals surface area contributed by atoms with Gasteiger partial charge in [0, 0.05) is 26.2 Å². The summed E-state index contributed by atoms with van der Waals surface area (Å²) in [7, 11) is 0. The van der Waals surface area contributed by atoms with Gasteiger partial charge in [0.05, 0.1) is 11.9 Å². The molecule has 0 fully saturated rings. The molecule has 2 aromatic rings. The van der Waals surface area contributed by atoms with Crippen molar-refractivity contribution in [2.24, 2.45) is 0 Å². The second kappa shape index (κ2) is 5.71. The highest BCUT2D eigenvalue weighted by Gasteiger charge is 2.06. The van der Waals surface area contributed by atoms with Crippen LogP contribution in [-0.2, 0) is 4.79 Å². The second-order valence-electron chi connectivity index (χ2n) is 3.92. The zero-order valence-electron chi connectivity index (χ0n) is 9.81. The SMILES string of the molecule is Cc1cc(SCCC(=O)O)c2cc(Br)ccc2n1. The van der Waals surface area contributed by atoms with Gasteiger partial charge in [-0.2, -0.15) is 0 Å². The van der Waals surface area contributed by atoms with Crippen molar-refractivity contribution in [1.82, 2.24) is 4.98 Å². The summed E-state index contributed by atoms with van der Waals surface area (Å²) in [6, 6.07) is 7.94. The van der Waals surface area contributed by atoms with Crippen molar-refractivity contribution >= 4 is 44.6 Å². The summed E-state index contributed by atoms with van der Waals surface area (Å²) in [4.78, 5) is 16.1. The largest absolute Gasteiger partial charge is 0.481 e. The fraction of sp³-hybridized carbons (Fsp3) is 0.231. The molecule has 2 rings (SSSR count). The zero-order chi connectivity index (χ0) is 13.1. The first-order valence-electron chi connectivity index (χ1n) is 5.48. The molecule has 1 heterocycles. The summed E-state index contributed by atoms with van der Waals surface area (Å²) in [5, 5.41) is 9.73. The van der Waals surface area contributed by atoms with Gasteiger partial charge >= 0.3 is 5.97 Å². The van der Waals surface area contributed by atoms with Crippen molar-refractivity contribution in [1.29, 1.82) is 0 Å². The maximum Gasteiger partial charge on any atom is 0.304 e. The monoisotopic (exact) mass is 325 g/mol. The minimum atomic E-state index is -0.765. The standard InChI is InChI=1S/C13H12BrNO2S/c1-8-6-12(18-5-4-13(16)17)10-7-9(14)2-3-11(10)15-8/h2-3,6-7H,4-5H2,1H3,(H,16,17). The van der Waals surface area contributed by atoms with Gasteiger partial charge in [0.25, 0.3) is 0 Å². The number of rotatable bonds is 4. The molecule has 94 valence electrons. The van der Waals surface area contributed by atoms with Crippen LogP contribution in [0, 0.1) is 6.92 Å². The Kier molecular flexibility index (Phi) is 4.24. The van der Waals surface area contributed by atoms with Crippen LogP contribution in [0.1, 0.15) is 12.1 Å². The molecule has 0 saturated heterocycles. The Bertz CT molecular complexity index is 601. The molecule has 0 bridgehead atoms. The number of carboxylic acids is 1. The number of nitrogens with zero attached hydrogens (tertiary/aromatic N) is 1. The van der Waals surface area contributed by atoms with E-state index in [9.17, 15) is 4.79 Å². The maximum absolute atomic E-state index is 10.5. The Hall–Kier alpha value is -1.07. The van der Waals surface area contributed by atoms with Gasteiger partial charge in [-0.05, 0) is 31.2 Å². The van der Waals surface area contributed by atoms with E-state index in [-0.39, 0.29) is 6.42 Å². The van der Waals surface area contributed by atoms with Crippen LogP contribution < -0.4 is 0 Å². The summed E-state index contributed by atoms with van der Waals surface area (Å²) >= 11 is 5.00. The highest BCUT2D eigenvalue weighted by molar-refractivity contribution is 9.10. The minimum Gasteiger partial charge on any atom is -0.481 e. The number of thioether (sulfide) groups is 1. The van der Waals surface area contributed by atoms with Crippen molar-refractivity contribution in [2.75, 3.05) is 5.75 Å². The number of benzene rings is 1. The summed E-state index contributed by atoms with van der Waals surface area (Å²) in [6.45, 7) is 1.95. The summed E-state index contributed by atoms with van der Waals surface area (Å²) < 4.78 is 1.00. The van der Waals surface area contributed by atoms with Gasteiger partial charge in [0.1, 0.15) is 0 Å². The third kappa shape index (κ3) is 3.23. The molecule has 1 aromatic heterocycles. The Labute approximate surface area is 118 Å². The summed E-state index contributed by atoms with van der Waals surface area (Å²) in [6.07, 6.45) is 0.168. The Balaban J connectivity index is 2.35. The van der Waals surface area contributed by atoms with Gasteiger partial charge in [0.2, 0.25) is 0 Å². The number of carbonyl (C=O) groups is 1. The zero-order valence-corrected chi connectivity index (χ0v) is 12.2. The molecule has 0 aliphatic heterocycles. The predicted molar refractivity (Wildman–Crippen MR) is 77.2 cm³/mol. The summed E-state index contributed by atoms with van der Waals surface area (Å²) in [5.74, 6) is -0.195. The number of fused-ring (bicyclic) bond motifs is 1. The number of pyridine rings is 1. The molecular formula is C13H12BrNO2S. The van der Waals surface area contributed by atoms with E-state index in [1.54, 1.807) is 11.8 Å². The third-order valence-electron chi connectivity index (χ3n) is 2.43. The Morgan fingerprint density at radius 1 is 1.44 bits per heavy atom. The molecule has 0 atom stereocenters. The van der Waals surface area contributed by atoms with Crippen molar-refractivity contribution < 1.29 is 9.90 Å². The molecule has 3 nitrogen and oxygen atoms in total. The molecular weight excluding hydrogens is 314 g/mol. The molecule has 0 saturated carbocycles. The van der Waals surface area contributed by atoms with E-state index in [1.807, 2.05) is 31.2 Å². The van der Waals surface area contributed by atoms with Crippen LogP contribution >= 0.6 is 27.7 Å². The van der Waals surface area contributed by atoms with Crippen LogP contribution in [0.2, 0.25) is 0 Å². The second-order valence-corrected chi connectivity index (χ2v) is 5.97. The van der Waals surface area contributed by atoms with E-state index in [1.165, 1.54) is 0 Å². The highest BCUT2D eigenvalue weighted by Crippen LogP contribution is 2.30. The number of carboxylic acid groups (broad SMARTS) is 1. The topological polar surface area (TPSA) is 50.2 Å². The van der Waals surface area contributed by atoms with Crippen molar-refractivity contribution in [3.05, 3.63) is 34.4 Å². The van der Waals surface area contributed by atoms with Gasteiger partial charge in [0.15, 0.2) is 0 Å². The molecule has 1 aromatic carbocycles. The average molecular weight is 326 g/mol. The first kappa shape index (κ1) is 13.4. The van der Waals surface area contributed by atoms with Crippen LogP contribution in [0.25, 0.3) is 10.9 Å². The van der Waals surface area contributed by atoms with Gasteiger partial charge in [-0.15, -0.1) is 11.8 Å². The molecule has 18 heavy (non-hydrogen) atoms. The van der Waals surface area contributed by atoms with E-state index < -0.39 is 5.97 Å². The number of aryl methyl sites for hydroxylation is 1. The molecule has 0 spiro atoms. The number of aliphatic carboxylic acids is 1. The first-order valence-corrected chi connectivity index (χ1v) is 7.25. The van der Waals surface area contributed by atoms with E-state index in [0.29, 0.717) is 5.75 Å². The predicted octanol–water partition coefficient (Wildman–Crippen LogP) is 3.87. The van der Waals surface area contributed by atoms with Crippen LogP contribution in [0.5, 0.6) is 0 Å². The molecule has 0 amide bonds. The van der Waals surface area contributed by atoms with Gasteiger partial charge < -0.3 is 5.11 Å². The fourth-order valence-electron chi connectivity index (χ4n) is 1.66. The molecule has 0 aliphatic rings. The van der Waals surface area contributed by atoms with E-state index >= 15 is 0 Å². The van der Waals surface area contributed by atoms with Crippen LogP contribution in [-0.4, -0.2) is 21.8 Å². The molecule has 5 heteroatoms. The third-order valence-corrected chi connectivity index (χ3v) is 3.98. The van der Waals surface area contributed by atoms with Gasteiger partial charge in [-0.25, -0.2) is 0 Å². The quantitative estimate of drug-likeness (QED) is 0.867. The van der Waals surface area contributed by atoms with E-state index in [0.717, 1.165) is 26.0 Å². The van der Waals surface area contributed by atoms with Crippen LogP contribution in [0.3, 0.4) is 0 Å². The van der Waals surface area contributed by atoms with E-state index in [2.05, 4.69) is 20.9 Å². The first-order chi connectivity index (χ1) is 8.56. The van der Waals surface area contributed by atoms with Crippen LogP contribution in [0.4, 0.5) is 0 Å². The molecule has 0 aliphatic carbocycles. The van der Waals surface area contributed by atoms with Crippen LogP contribution in [0.15, 0.2) is 33.6 Å². The van der Waals surface area contributed by atoms with Crippen molar-refractivity contribution in [2.45, 2.75) is 18.2 Å². The van der Waals surface area contributed by atoms with Gasteiger partial charge in [-0.1, -0.05) is 15.9 Å². The number of aromatic nitrogens is 1. The molecule has 1 N–H and O–H groups in total. The average Bonchev–Trinajstić information content (AvgIpc) is 2.29. The normalized spacial score (nSPS) is 10.8. The lowest BCUT2D eigenvalue weighted by Crippen LogP contribution is -1.96. The lowest BCUT2D eigenvalue weighted by atomic mass is 10.2. The van der Waals surface area contributed by atoms with Crippen molar-refractivity contribution in [3.63, 3.8) is 0 Å². The minimum absolute atomic E-state index is 0.168. The lowest BCUT2D eigenvalue weighted by molar-refractivity contribution is -0.136. The highest BCUT2D eigenvalue weighted by atomic mass is 79.9.